The third-order valence-corrected chi connectivity index (χ3v) is 2.05. The maximum absolute atomic E-state index is 3.42. The van der Waals surface area contributed by atoms with Crippen molar-refractivity contribution in [3.8, 4) is 0 Å². The molecule has 4 heteroatoms. The minimum Gasteiger partial charge on any atom is -0.266 e. The summed E-state index contributed by atoms with van der Waals surface area (Å²) in [5.41, 5.74) is 0. The summed E-state index contributed by atoms with van der Waals surface area (Å²) in [4.78, 5) is 0. The highest BCUT2D eigenvalue weighted by Gasteiger charge is 1.59. The summed E-state index contributed by atoms with van der Waals surface area (Å²) < 4.78 is 0. The van der Waals surface area contributed by atoms with Crippen LogP contribution in [0.1, 0.15) is 0 Å². The predicted octanol–water partition coefficient (Wildman–Crippen LogP) is 3.24. The molecule has 0 saturated heterocycles. The van der Waals surface area contributed by atoms with E-state index in [9.17, 15) is 0 Å². The first kappa shape index (κ1) is 12.1. The lowest BCUT2D eigenvalue weighted by Crippen LogP contribution is -1.61. The van der Waals surface area contributed by atoms with Crippen molar-refractivity contribution in [1.29, 1.82) is 0 Å². The number of aromatic nitrogens is 3. The van der Waals surface area contributed by atoms with Crippen molar-refractivity contribution in [3.05, 3.63) is 71.7 Å². The predicted molar refractivity (Wildman–Crippen MR) is 67.1 cm³/mol. The minimum atomic E-state index is 1.58. The molecule has 0 amide bonds. The molecule has 16 heavy (non-hydrogen) atoms. The molecule has 1 aromatic carbocycles. The van der Waals surface area contributed by atoms with E-state index >= 15 is 0 Å². The average molecular weight is 231 g/mol. The minimum absolute atomic E-state index is 1.58. The molecule has 0 atom stereocenters. The van der Waals surface area contributed by atoms with Crippen LogP contribution >= 0.6 is 11.3 Å². The van der Waals surface area contributed by atoms with Gasteiger partial charge in [-0.3, -0.25) is 5.10 Å². The number of aromatic amines is 1. The van der Waals surface area contributed by atoms with Crippen molar-refractivity contribution in [2.75, 3.05) is 0 Å². The highest BCUT2D eigenvalue weighted by molar-refractivity contribution is 7.07. The molecule has 2 aromatic heterocycles. The zero-order valence-corrected chi connectivity index (χ0v) is 9.55. The van der Waals surface area contributed by atoms with Crippen LogP contribution in [0.4, 0.5) is 0 Å². The van der Waals surface area contributed by atoms with Gasteiger partial charge >= 0.3 is 0 Å². The largest absolute Gasteiger partial charge is 0.266 e. The van der Waals surface area contributed by atoms with Gasteiger partial charge in [-0.25, -0.2) is 0 Å². The molecular weight excluding hydrogens is 218 g/mol. The van der Waals surface area contributed by atoms with E-state index in [2.05, 4.69) is 15.4 Å². The molecule has 82 valence electrons. The summed E-state index contributed by atoms with van der Waals surface area (Å²) in [6.45, 7) is 0. The van der Waals surface area contributed by atoms with Crippen LogP contribution < -0.4 is 0 Å². The summed E-state index contributed by atoms with van der Waals surface area (Å²) in [6, 6.07) is 16.0. The molecule has 1 N–H and O–H groups in total. The van der Waals surface area contributed by atoms with Crippen molar-refractivity contribution >= 4 is 11.3 Å². The van der Waals surface area contributed by atoms with Gasteiger partial charge < -0.3 is 0 Å². The SMILES string of the molecule is c1c[nH]nn1.c1ccccc1.c1ccsc1. The zero-order chi connectivity index (χ0) is 11.3. The maximum atomic E-state index is 3.42. The first-order chi connectivity index (χ1) is 8.00. The Balaban J connectivity index is 0.000000121. The van der Waals surface area contributed by atoms with E-state index in [4.69, 9.17) is 0 Å². The van der Waals surface area contributed by atoms with Crippen LogP contribution in [0.3, 0.4) is 0 Å². The Morgan fingerprint density at radius 3 is 1.50 bits per heavy atom. The number of hydrogen-bond acceptors (Lipinski definition) is 3. The van der Waals surface area contributed by atoms with Gasteiger partial charge in [0, 0.05) is 6.20 Å². The van der Waals surface area contributed by atoms with Gasteiger partial charge in [0.15, 0.2) is 0 Å². The highest BCUT2D eigenvalue weighted by Crippen LogP contribution is 1.91. The number of thiophene rings is 1. The average Bonchev–Trinajstić information content (AvgIpc) is 3.10. The molecule has 0 saturated carbocycles. The van der Waals surface area contributed by atoms with Crippen molar-refractivity contribution in [2.24, 2.45) is 0 Å². The Labute approximate surface area is 98.8 Å². The molecule has 3 nitrogen and oxygen atoms in total. The van der Waals surface area contributed by atoms with Gasteiger partial charge in [0.1, 0.15) is 0 Å². The van der Waals surface area contributed by atoms with Crippen LogP contribution in [0, 0.1) is 0 Å². The summed E-state index contributed by atoms with van der Waals surface area (Å²) in [5, 5.41) is 13.3. The standard InChI is InChI=1S/C6H6.C4H4S.C2H3N3/c1-2-4-6-5-3-1;2*1-2-4-5-3-1/h1-6H;1-4H;1-2H,(H,3,4,5). The molecule has 0 spiro atoms. The summed E-state index contributed by atoms with van der Waals surface area (Å²) in [6.07, 6.45) is 3.24. The third kappa shape index (κ3) is 7.46. The van der Waals surface area contributed by atoms with E-state index in [1.807, 2.05) is 59.3 Å². The number of nitrogens with one attached hydrogen (secondary N) is 1. The Hall–Kier alpha value is -1.94. The van der Waals surface area contributed by atoms with E-state index in [0.29, 0.717) is 0 Å². The van der Waals surface area contributed by atoms with Crippen LogP contribution in [0.15, 0.2) is 71.7 Å². The van der Waals surface area contributed by atoms with Gasteiger partial charge in [0.05, 0.1) is 6.20 Å². The molecule has 3 rings (SSSR count). The second kappa shape index (κ2) is 9.61. The monoisotopic (exact) mass is 231 g/mol. The highest BCUT2D eigenvalue weighted by atomic mass is 32.1. The molecule has 0 aliphatic heterocycles. The van der Waals surface area contributed by atoms with Gasteiger partial charge in [-0.15, -0.1) is 5.10 Å². The molecule has 2 heterocycles. The zero-order valence-electron chi connectivity index (χ0n) is 8.73. The van der Waals surface area contributed by atoms with Crippen molar-refractivity contribution in [1.82, 2.24) is 15.4 Å². The van der Waals surface area contributed by atoms with Crippen LogP contribution in [0.25, 0.3) is 0 Å². The van der Waals surface area contributed by atoms with Gasteiger partial charge in [0.25, 0.3) is 0 Å². The van der Waals surface area contributed by atoms with Crippen molar-refractivity contribution < 1.29 is 0 Å². The lowest BCUT2D eigenvalue weighted by Gasteiger charge is -1.69. The third-order valence-electron chi connectivity index (χ3n) is 1.42. The van der Waals surface area contributed by atoms with Crippen LogP contribution in [-0.2, 0) is 0 Å². The quantitative estimate of drug-likeness (QED) is 0.645. The number of nitrogens with zero attached hydrogens (tertiary/aromatic N) is 2. The molecule has 0 unspecified atom stereocenters. The van der Waals surface area contributed by atoms with Crippen LogP contribution in [0.2, 0.25) is 0 Å². The number of H-pyrrole nitrogens is 1. The molecule has 0 radical (unpaired) electrons. The molecule has 0 bridgehead atoms. The Morgan fingerprint density at radius 2 is 1.31 bits per heavy atom. The fourth-order valence-electron chi connectivity index (χ4n) is 0.778. The van der Waals surface area contributed by atoms with Crippen molar-refractivity contribution in [3.63, 3.8) is 0 Å². The number of benzene rings is 1. The Morgan fingerprint density at radius 1 is 0.750 bits per heavy atom. The first-order valence-electron chi connectivity index (χ1n) is 4.78. The maximum Gasteiger partial charge on any atom is 0.0690 e. The Kier molecular flexibility index (Phi) is 7.29. The van der Waals surface area contributed by atoms with Crippen molar-refractivity contribution in [2.45, 2.75) is 0 Å². The van der Waals surface area contributed by atoms with Crippen LogP contribution in [0.5, 0.6) is 0 Å². The van der Waals surface area contributed by atoms with E-state index in [0.717, 1.165) is 0 Å². The number of rotatable bonds is 0. The van der Waals surface area contributed by atoms with Crippen LogP contribution in [-0.4, -0.2) is 15.4 Å². The van der Waals surface area contributed by atoms with E-state index in [-0.39, 0.29) is 0 Å². The topological polar surface area (TPSA) is 41.6 Å². The molecular formula is C12H13N3S. The van der Waals surface area contributed by atoms with E-state index in [1.165, 1.54) is 0 Å². The second-order valence-corrected chi connectivity index (χ2v) is 3.42. The Bertz CT molecular complexity index is 308. The summed E-state index contributed by atoms with van der Waals surface area (Å²) in [5.74, 6) is 0. The fraction of sp³-hybridized carbons (Fsp3) is 0. The summed E-state index contributed by atoms with van der Waals surface area (Å²) >= 11 is 1.71. The molecule has 0 fully saturated rings. The smallest absolute Gasteiger partial charge is 0.0690 e. The lowest BCUT2D eigenvalue weighted by atomic mass is 10.4. The van der Waals surface area contributed by atoms with Gasteiger partial charge in [-0.05, 0) is 10.8 Å². The molecule has 3 aromatic rings. The lowest BCUT2D eigenvalue weighted by molar-refractivity contribution is 0.940. The molecule has 0 aliphatic carbocycles. The molecule has 0 aliphatic rings. The number of hydrogen-bond donors (Lipinski definition) is 1. The normalized spacial score (nSPS) is 8.00. The van der Waals surface area contributed by atoms with E-state index in [1.54, 1.807) is 23.7 Å². The fourth-order valence-corrected chi connectivity index (χ4v) is 1.23. The van der Waals surface area contributed by atoms with Gasteiger partial charge in [-0.2, -0.15) is 11.3 Å². The van der Waals surface area contributed by atoms with E-state index < -0.39 is 0 Å². The second-order valence-electron chi connectivity index (χ2n) is 2.61. The summed E-state index contributed by atoms with van der Waals surface area (Å²) in [7, 11) is 0. The first-order valence-corrected chi connectivity index (χ1v) is 5.72. The van der Waals surface area contributed by atoms with Gasteiger partial charge in [-0.1, -0.05) is 53.7 Å². The van der Waals surface area contributed by atoms with Gasteiger partial charge in [0.2, 0.25) is 0 Å².